The zero-order chi connectivity index (χ0) is 20.8. The van der Waals surface area contributed by atoms with Crippen molar-refractivity contribution in [2.24, 2.45) is 0 Å². The average molecular weight is 390 g/mol. The van der Waals surface area contributed by atoms with Crippen LogP contribution in [0.4, 0.5) is 11.4 Å². The quantitative estimate of drug-likeness (QED) is 0.379. The SMILES string of the molecule is Cc1ccc(C(=O)Nc2cccc(C(=O)OCc3ccccc3[N+](=O)[O-])c2)cc1. The van der Waals surface area contributed by atoms with Crippen LogP contribution < -0.4 is 5.32 Å². The molecule has 0 aliphatic heterocycles. The fourth-order valence-corrected chi connectivity index (χ4v) is 2.67. The third-order valence-corrected chi connectivity index (χ3v) is 4.22. The maximum Gasteiger partial charge on any atom is 0.338 e. The smallest absolute Gasteiger partial charge is 0.338 e. The Hall–Kier alpha value is -4.00. The second kappa shape index (κ2) is 8.79. The predicted molar refractivity (Wildman–Crippen MR) is 108 cm³/mol. The first kappa shape index (κ1) is 19.8. The molecule has 0 aliphatic carbocycles. The Labute approximate surface area is 167 Å². The summed E-state index contributed by atoms with van der Waals surface area (Å²) in [5.41, 5.74) is 2.40. The Morgan fingerprint density at radius 2 is 1.69 bits per heavy atom. The van der Waals surface area contributed by atoms with Gasteiger partial charge in [0.05, 0.1) is 16.1 Å². The van der Waals surface area contributed by atoms with Gasteiger partial charge in [-0.1, -0.05) is 35.9 Å². The number of esters is 1. The van der Waals surface area contributed by atoms with Crippen molar-refractivity contribution in [1.29, 1.82) is 0 Å². The van der Waals surface area contributed by atoms with E-state index in [0.29, 0.717) is 16.8 Å². The summed E-state index contributed by atoms with van der Waals surface area (Å²) >= 11 is 0. The zero-order valence-electron chi connectivity index (χ0n) is 15.6. The van der Waals surface area contributed by atoms with Gasteiger partial charge in [0.25, 0.3) is 11.6 Å². The largest absolute Gasteiger partial charge is 0.457 e. The normalized spacial score (nSPS) is 10.2. The van der Waals surface area contributed by atoms with Crippen LogP contribution in [-0.2, 0) is 11.3 Å². The van der Waals surface area contributed by atoms with Crippen LogP contribution in [0.1, 0.15) is 31.8 Å². The lowest BCUT2D eigenvalue weighted by atomic mass is 10.1. The van der Waals surface area contributed by atoms with Crippen LogP contribution in [-0.4, -0.2) is 16.8 Å². The van der Waals surface area contributed by atoms with Crippen molar-refractivity contribution in [1.82, 2.24) is 0 Å². The molecule has 7 heteroatoms. The number of rotatable bonds is 6. The molecule has 3 aromatic rings. The lowest BCUT2D eigenvalue weighted by molar-refractivity contribution is -0.385. The van der Waals surface area contributed by atoms with E-state index in [1.54, 1.807) is 42.5 Å². The summed E-state index contributed by atoms with van der Waals surface area (Å²) in [7, 11) is 0. The van der Waals surface area contributed by atoms with Crippen LogP contribution in [0.25, 0.3) is 0 Å². The fraction of sp³-hybridized carbons (Fsp3) is 0.0909. The van der Waals surface area contributed by atoms with Gasteiger partial charge in [-0.15, -0.1) is 0 Å². The van der Waals surface area contributed by atoms with Gasteiger partial charge >= 0.3 is 5.97 Å². The Kier molecular flexibility index (Phi) is 5.99. The number of nitro benzene ring substituents is 1. The number of amides is 1. The summed E-state index contributed by atoms with van der Waals surface area (Å²) in [5.74, 6) is -0.940. The summed E-state index contributed by atoms with van der Waals surface area (Å²) in [6, 6.07) is 19.5. The van der Waals surface area contributed by atoms with Crippen molar-refractivity contribution < 1.29 is 19.2 Å². The van der Waals surface area contributed by atoms with Crippen LogP contribution >= 0.6 is 0 Å². The Balaban J connectivity index is 1.67. The number of carbonyl (C=O) groups is 2. The predicted octanol–water partition coefficient (Wildman–Crippen LogP) is 4.51. The molecule has 3 rings (SSSR count). The highest BCUT2D eigenvalue weighted by atomic mass is 16.6. The minimum atomic E-state index is -0.644. The molecule has 0 aliphatic rings. The van der Waals surface area contributed by atoms with Gasteiger partial charge < -0.3 is 10.1 Å². The number of ether oxygens (including phenoxy) is 1. The molecule has 0 aromatic heterocycles. The van der Waals surface area contributed by atoms with E-state index in [0.717, 1.165) is 5.56 Å². The summed E-state index contributed by atoms with van der Waals surface area (Å²) in [6.07, 6.45) is 0. The van der Waals surface area contributed by atoms with Gasteiger partial charge in [-0.2, -0.15) is 0 Å². The summed E-state index contributed by atoms with van der Waals surface area (Å²) in [5, 5.41) is 13.8. The summed E-state index contributed by atoms with van der Waals surface area (Å²) in [6.45, 7) is 1.71. The molecule has 0 spiro atoms. The molecule has 0 heterocycles. The van der Waals surface area contributed by atoms with Gasteiger partial charge in [-0.3, -0.25) is 14.9 Å². The van der Waals surface area contributed by atoms with E-state index >= 15 is 0 Å². The molecule has 0 atom stereocenters. The monoisotopic (exact) mass is 390 g/mol. The third-order valence-electron chi connectivity index (χ3n) is 4.22. The van der Waals surface area contributed by atoms with E-state index in [2.05, 4.69) is 5.32 Å². The van der Waals surface area contributed by atoms with Gasteiger partial charge in [-0.05, 0) is 43.3 Å². The molecular formula is C22H18N2O5. The average Bonchev–Trinajstić information content (AvgIpc) is 2.72. The summed E-state index contributed by atoms with van der Waals surface area (Å²) in [4.78, 5) is 35.2. The molecule has 3 aromatic carbocycles. The molecule has 0 radical (unpaired) electrons. The number of nitro groups is 1. The number of nitrogens with one attached hydrogen (secondary N) is 1. The Morgan fingerprint density at radius 3 is 2.41 bits per heavy atom. The van der Waals surface area contributed by atoms with Crippen LogP contribution in [0, 0.1) is 17.0 Å². The van der Waals surface area contributed by atoms with E-state index in [1.807, 2.05) is 19.1 Å². The maximum atomic E-state index is 12.3. The molecule has 146 valence electrons. The molecule has 7 nitrogen and oxygen atoms in total. The van der Waals surface area contributed by atoms with E-state index in [9.17, 15) is 19.7 Å². The number of hydrogen-bond acceptors (Lipinski definition) is 5. The first-order valence-corrected chi connectivity index (χ1v) is 8.81. The van der Waals surface area contributed by atoms with E-state index in [4.69, 9.17) is 4.74 Å². The molecule has 0 saturated carbocycles. The lowest BCUT2D eigenvalue weighted by Crippen LogP contribution is -2.13. The number of aryl methyl sites for hydroxylation is 1. The van der Waals surface area contributed by atoms with Crippen LogP contribution in [0.3, 0.4) is 0 Å². The molecule has 0 fully saturated rings. The van der Waals surface area contributed by atoms with E-state index in [-0.39, 0.29) is 23.8 Å². The Bertz CT molecular complexity index is 1060. The molecule has 0 saturated heterocycles. The molecule has 29 heavy (non-hydrogen) atoms. The topological polar surface area (TPSA) is 98.5 Å². The number of nitrogens with zero attached hydrogens (tertiary/aromatic N) is 1. The number of hydrogen-bond donors (Lipinski definition) is 1. The second-order valence-corrected chi connectivity index (χ2v) is 6.36. The van der Waals surface area contributed by atoms with Gasteiger partial charge in [0.2, 0.25) is 0 Å². The minimum Gasteiger partial charge on any atom is -0.457 e. The highest BCUT2D eigenvalue weighted by Crippen LogP contribution is 2.20. The molecule has 0 unspecified atom stereocenters. The molecule has 0 bridgehead atoms. The van der Waals surface area contributed by atoms with E-state index < -0.39 is 10.9 Å². The van der Waals surface area contributed by atoms with Crippen molar-refractivity contribution in [3.05, 3.63) is 105 Å². The number of carbonyl (C=O) groups excluding carboxylic acids is 2. The third kappa shape index (κ3) is 5.04. The van der Waals surface area contributed by atoms with Gasteiger partial charge in [0.1, 0.15) is 6.61 Å². The number of benzene rings is 3. The van der Waals surface area contributed by atoms with Crippen LogP contribution in [0.15, 0.2) is 72.8 Å². The van der Waals surface area contributed by atoms with Gasteiger partial charge in [-0.25, -0.2) is 4.79 Å². The Morgan fingerprint density at radius 1 is 0.966 bits per heavy atom. The van der Waals surface area contributed by atoms with Crippen LogP contribution in [0.2, 0.25) is 0 Å². The lowest BCUT2D eigenvalue weighted by Gasteiger charge is -2.09. The molecule has 1 N–H and O–H groups in total. The zero-order valence-corrected chi connectivity index (χ0v) is 15.6. The van der Waals surface area contributed by atoms with Crippen molar-refractivity contribution in [2.45, 2.75) is 13.5 Å². The highest BCUT2D eigenvalue weighted by molar-refractivity contribution is 6.04. The first-order chi connectivity index (χ1) is 13.9. The highest BCUT2D eigenvalue weighted by Gasteiger charge is 2.15. The first-order valence-electron chi connectivity index (χ1n) is 8.81. The number of anilines is 1. The van der Waals surface area contributed by atoms with E-state index in [1.165, 1.54) is 18.2 Å². The summed E-state index contributed by atoms with van der Waals surface area (Å²) < 4.78 is 5.21. The van der Waals surface area contributed by atoms with Crippen molar-refractivity contribution >= 4 is 23.3 Å². The molecule has 1 amide bonds. The van der Waals surface area contributed by atoms with Crippen LogP contribution in [0.5, 0.6) is 0 Å². The second-order valence-electron chi connectivity index (χ2n) is 6.36. The number of para-hydroxylation sites is 1. The van der Waals surface area contributed by atoms with Crippen molar-refractivity contribution in [3.63, 3.8) is 0 Å². The maximum absolute atomic E-state index is 12.3. The van der Waals surface area contributed by atoms with Gasteiger partial charge in [0.15, 0.2) is 0 Å². The fourth-order valence-electron chi connectivity index (χ4n) is 2.67. The minimum absolute atomic E-state index is 0.112. The van der Waals surface area contributed by atoms with Crippen molar-refractivity contribution in [3.8, 4) is 0 Å². The van der Waals surface area contributed by atoms with Gasteiger partial charge in [0, 0.05) is 17.3 Å². The standard InChI is InChI=1S/C22H18N2O5/c1-15-9-11-16(12-10-15)21(25)23-19-7-4-6-17(13-19)22(26)29-14-18-5-2-3-8-20(18)24(27)28/h2-13H,14H2,1H3,(H,23,25). The van der Waals surface area contributed by atoms with Crippen molar-refractivity contribution in [2.75, 3.05) is 5.32 Å². The molecular weight excluding hydrogens is 372 g/mol.